The number of H-pyrrole nitrogens is 1. The Morgan fingerprint density at radius 3 is 2.86 bits per heavy atom. The second kappa shape index (κ2) is 5.38. The van der Waals surface area contributed by atoms with Crippen LogP contribution in [0.2, 0.25) is 10.0 Å². The summed E-state index contributed by atoms with van der Waals surface area (Å²) in [5.41, 5.74) is 0.493. The van der Waals surface area contributed by atoms with Crippen molar-refractivity contribution in [3.05, 3.63) is 55.9 Å². The van der Waals surface area contributed by atoms with Gasteiger partial charge in [0.1, 0.15) is 23.1 Å². The van der Waals surface area contributed by atoms with Gasteiger partial charge in [0, 0.05) is 11.6 Å². The summed E-state index contributed by atoms with van der Waals surface area (Å²) >= 11 is 12.0. The first-order valence-electron chi connectivity index (χ1n) is 6.03. The van der Waals surface area contributed by atoms with Crippen molar-refractivity contribution < 1.29 is 9.53 Å². The molecule has 2 N–H and O–H groups in total. The normalized spacial score (nSPS) is 16.2. The molecule has 1 aliphatic heterocycles. The number of aromatic amines is 1. The van der Waals surface area contributed by atoms with Gasteiger partial charge in [0.05, 0.1) is 11.1 Å². The molecular weight excluding hydrogens is 317 g/mol. The number of carbonyl (C=O) groups is 1. The molecule has 1 amide bonds. The molecule has 6 nitrogen and oxygen atoms in total. The highest BCUT2D eigenvalue weighted by Gasteiger charge is 2.29. The average Bonchev–Trinajstić information content (AvgIpc) is 2.87. The molecule has 1 aliphatic rings. The first-order valence-corrected chi connectivity index (χ1v) is 6.79. The lowest BCUT2D eigenvalue weighted by molar-refractivity contribution is 0.0924. The lowest BCUT2D eigenvalue weighted by Crippen LogP contribution is -2.30. The van der Waals surface area contributed by atoms with E-state index in [1.165, 1.54) is 12.1 Å². The fourth-order valence-electron chi connectivity index (χ4n) is 2.05. The summed E-state index contributed by atoms with van der Waals surface area (Å²) in [4.78, 5) is 23.0. The van der Waals surface area contributed by atoms with Gasteiger partial charge < -0.3 is 10.1 Å². The first-order chi connectivity index (χ1) is 10.1. The van der Waals surface area contributed by atoms with E-state index in [0.717, 1.165) is 5.56 Å². The molecule has 0 fully saturated rings. The van der Waals surface area contributed by atoms with Crippen molar-refractivity contribution in [2.45, 2.75) is 6.04 Å². The quantitative estimate of drug-likeness (QED) is 0.883. The minimum absolute atomic E-state index is 0.114. The van der Waals surface area contributed by atoms with Crippen LogP contribution in [-0.2, 0) is 0 Å². The van der Waals surface area contributed by atoms with Gasteiger partial charge in [0.2, 0.25) is 0 Å². The second-order valence-corrected chi connectivity index (χ2v) is 5.21. The summed E-state index contributed by atoms with van der Waals surface area (Å²) in [5.74, 6) is 0.0580. The third-order valence-electron chi connectivity index (χ3n) is 3.07. The highest BCUT2D eigenvalue weighted by molar-refractivity contribution is 6.43. The molecular formula is C13H9Cl2N3O3. The summed E-state index contributed by atoms with van der Waals surface area (Å²) < 4.78 is 5.47. The number of aromatic nitrogens is 2. The van der Waals surface area contributed by atoms with Crippen molar-refractivity contribution >= 4 is 29.1 Å². The average molecular weight is 326 g/mol. The van der Waals surface area contributed by atoms with E-state index in [2.05, 4.69) is 15.5 Å². The topological polar surface area (TPSA) is 84.1 Å². The molecule has 3 rings (SSSR count). The first kappa shape index (κ1) is 13.9. The fourth-order valence-corrected chi connectivity index (χ4v) is 2.42. The molecule has 1 aromatic heterocycles. The van der Waals surface area contributed by atoms with Gasteiger partial charge in [0.15, 0.2) is 0 Å². The third kappa shape index (κ3) is 2.59. The van der Waals surface area contributed by atoms with Gasteiger partial charge in [-0.25, -0.2) is 5.10 Å². The van der Waals surface area contributed by atoms with Crippen molar-refractivity contribution in [3.63, 3.8) is 0 Å². The number of fused-ring (bicyclic) bond motifs is 1. The maximum absolute atomic E-state index is 12.1. The number of benzene rings is 1. The minimum Gasteiger partial charge on any atom is -0.489 e. The van der Waals surface area contributed by atoms with E-state index in [0.29, 0.717) is 15.8 Å². The van der Waals surface area contributed by atoms with Crippen LogP contribution in [0.1, 0.15) is 22.1 Å². The van der Waals surface area contributed by atoms with E-state index >= 15 is 0 Å². The molecule has 21 heavy (non-hydrogen) atoms. The number of nitrogens with zero attached hydrogens (tertiary/aromatic N) is 1. The van der Waals surface area contributed by atoms with Gasteiger partial charge in [-0.1, -0.05) is 29.3 Å². The molecule has 108 valence electrons. The molecule has 0 aliphatic carbocycles. The van der Waals surface area contributed by atoms with Crippen molar-refractivity contribution in [1.29, 1.82) is 0 Å². The number of halogens is 2. The molecule has 0 saturated heterocycles. The summed E-state index contributed by atoms with van der Waals surface area (Å²) in [7, 11) is 0. The van der Waals surface area contributed by atoms with Crippen LogP contribution >= 0.6 is 23.2 Å². The highest BCUT2D eigenvalue weighted by Crippen LogP contribution is 2.42. The number of ether oxygens (including phenoxy) is 1. The van der Waals surface area contributed by atoms with Crippen LogP contribution < -0.4 is 15.6 Å². The summed E-state index contributed by atoms with van der Waals surface area (Å²) in [6.07, 6.45) is 0. The van der Waals surface area contributed by atoms with Gasteiger partial charge in [0.25, 0.3) is 11.5 Å². The molecule has 0 bridgehead atoms. The largest absolute Gasteiger partial charge is 0.489 e. The molecule has 0 spiro atoms. The Labute approximate surface area is 129 Å². The van der Waals surface area contributed by atoms with Crippen LogP contribution in [-0.4, -0.2) is 22.7 Å². The zero-order valence-corrected chi connectivity index (χ0v) is 12.0. The zero-order chi connectivity index (χ0) is 15.0. The van der Waals surface area contributed by atoms with Crippen LogP contribution in [0.5, 0.6) is 5.75 Å². The van der Waals surface area contributed by atoms with Crippen molar-refractivity contribution in [2.75, 3.05) is 6.61 Å². The van der Waals surface area contributed by atoms with E-state index in [1.54, 1.807) is 12.1 Å². The molecule has 0 saturated carbocycles. The Morgan fingerprint density at radius 2 is 2.14 bits per heavy atom. The van der Waals surface area contributed by atoms with Gasteiger partial charge >= 0.3 is 0 Å². The molecule has 0 unspecified atom stereocenters. The predicted octanol–water partition coefficient (Wildman–Crippen LogP) is 1.94. The highest BCUT2D eigenvalue weighted by atomic mass is 35.5. The molecule has 2 aromatic rings. The summed E-state index contributed by atoms with van der Waals surface area (Å²) in [6.45, 7) is 0.254. The van der Waals surface area contributed by atoms with Crippen molar-refractivity contribution in [2.24, 2.45) is 0 Å². The number of hydrogen-bond donors (Lipinski definition) is 2. The van der Waals surface area contributed by atoms with Gasteiger partial charge in [-0.05, 0) is 12.1 Å². The lowest BCUT2D eigenvalue weighted by Gasteiger charge is -2.11. The summed E-state index contributed by atoms with van der Waals surface area (Å²) in [6, 6.07) is 5.63. The van der Waals surface area contributed by atoms with Crippen LogP contribution in [0.25, 0.3) is 0 Å². The fraction of sp³-hybridized carbons (Fsp3) is 0.154. The van der Waals surface area contributed by atoms with Gasteiger partial charge in [-0.2, -0.15) is 5.10 Å². The molecule has 1 aromatic carbocycles. The number of nitrogens with one attached hydrogen (secondary N) is 2. The van der Waals surface area contributed by atoms with Crippen molar-refractivity contribution in [1.82, 2.24) is 15.5 Å². The third-order valence-corrected chi connectivity index (χ3v) is 3.85. The second-order valence-electron chi connectivity index (χ2n) is 4.42. The maximum atomic E-state index is 12.1. The van der Waals surface area contributed by atoms with Gasteiger partial charge in [-0.15, -0.1) is 0 Å². The Balaban J connectivity index is 1.82. The Bertz CT molecular complexity index is 755. The number of carbonyl (C=O) groups excluding carboxylic acids is 1. The zero-order valence-electron chi connectivity index (χ0n) is 10.5. The van der Waals surface area contributed by atoms with E-state index < -0.39 is 5.91 Å². The molecule has 0 radical (unpaired) electrons. The smallest absolute Gasteiger partial charge is 0.272 e. The monoisotopic (exact) mass is 325 g/mol. The summed E-state index contributed by atoms with van der Waals surface area (Å²) in [5, 5.41) is 9.36. The number of hydrogen-bond acceptors (Lipinski definition) is 4. The van der Waals surface area contributed by atoms with E-state index in [4.69, 9.17) is 27.9 Å². The van der Waals surface area contributed by atoms with Crippen LogP contribution in [0.4, 0.5) is 0 Å². The molecule has 1 atom stereocenters. The molecule has 8 heteroatoms. The van der Waals surface area contributed by atoms with Crippen LogP contribution in [0.15, 0.2) is 29.1 Å². The van der Waals surface area contributed by atoms with Crippen molar-refractivity contribution in [3.8, 4) is 5.75 Å². The Kier molecular flexibility index (Phi) is 3.57. The SMILES string of the molecule is O=C(N[C@H]1COc2c1ccc(Cl)c2Cl)c1ccc(=O)[nH]n1. The van der Waals surface area contributed by atoms with E-state index in [1.807, 2.05) is 0 Å². The van der Waals surface area contributed by atoms with E-state index in [-0.39, 0.29) is 23.9 Å². The van der Waals surface area contributed by atoms with Gasteiger partial charge in [-0.3, -0.25) is 9.59 Å². The Morgan fingerprint density at radius 1 is 1.33 bits per heavy atom. The Hall–Kier alpha value is -2.05. The molecule has 2 heterocycles. The lowest BCUT2D eigenvalue weighted by atomic mass is 10.1. The number of amides is 1. The minimum atomic E-state index is -0.418. The maximum Gasteiger partial charge on any atom is 0.272 e. The van der Waals surface area contributed by atoms with Crippen LogP contribution in [0, 0.1) is 0 Å². The number of rotatable bonds is 2. The van der Waals surface area contributed by atoms with E-state index in [9.17, 15) is 9.59 Å². The van der Waals surface area contributed by atoms with Crippen LogP contribution in [0.3, 0.4) is 0 Å². The predicted molar refractivity (Wildman–Crippen MR) is 77.0 cm³/mol. The standard InChI is InChI=1S/C13H9Cl2N3O3/c14-7-2-1-6-9(5-21-12(6)11(7)15)16-13(20)8-3-4-10(19)18-17-8/h1-4,9H,5H2,(H,16,20)(H,18,19)/t9-/m0/s1.